The molecule has 1 aliphatic heterocycles. The van der Waals surface area contributed by atoms with Gasteiger partial charge in [0.25, 0.3) is 5.91 Å². The highest BCUT2D eigenvalue weighted by Crippen LogP contribution is 2.26. The second-order valence-corrected chi connectivity index (χ2v) is 8.16. The largest absolute Gasteiger partial charge is 0.573 e. The van der Waals surface area contributed by atoms with E-state index >= 15 is 0 Å². The number of hydrogen-bond acceptors (Lipinski definition) is 6. The molecular weight excluding hydrogens is 463 g/mol. The number of ether oxygens (including phenoxy) is 1. The summed E-state index contributed by atoms with van der Waals surface area (Å²) < 4.78 is 43.0. The number of aliphatic hydroxyl groups excluding tert-OH is 1. The topological polar surface area (TPSA) is 92.5 Å². The van der Waals surface area contributed by atoms with Crippen LogP contribution in [0.15, 0.2) is 67.1 Å². The first-order chi connectivity index (χ1) is 16.7. The maximum absolute atomic E-state index is 13.2. The number of nitrogens with one attached hydrogen (secondary N) is 1. The lowest BCUT2D eigenvalue weighted by atomic mass is 10.2. The highest BCUT2D eigenvalue weighted by Gasteiger charge is 2.31. The van der Waals surface area contributed by atoms with Gasteiger partial charge in [-0.1, -0.05) is 12.1 Å². The number of carbonyl (C=O) groups is 1. The zero-order chi connectivity index (χ0) is 24.6. The van der Waals surface area contributed by atoms with Crippen molar-refractivity contribution in [3.63, 3.8) is 0 Å². The van der Waals surface area contributed by atoms with Crippen LogP contribution in [0.25, 0.3) is 10.9 Å². The minimum Gasteiger partial charge on any atom is -0.406 e. The summed E-state index contributed by atoms with van der Waals surface area (Å²) in [5.41, 5.74) is 2.25. The Morgan fingerprint density at radius 2 is 1.89 bits per heavy atom. The summed E-state index contributed by atoms with van der Waals surface area (Å²) >= 11 is 0. The molecule has 4 aromatic rings. The lowest BCUT2D eigenvalue weighted by Gasteiger charge is -2.36. The van der Waals surface area contributed by atoms with Gasteiger partial charge in [-0.25, -0.2) is 4.98 Å². The molecule has 3 aromatic heterocycles. The maximum Gasteiger partial charge on any atom is 0.573 e. The number of nitrogens with zero attached hydrogens (tertiary/aromatic N) is 4. The van der Waals surface area contributed by atoms with Crippen molar-refractivity contribution in [2.24, 2.45) is 0 Å². The lowest BCUT2D eigenvalue weighted by Crippen LogP contribution is -2.51. The van der Waals surface area contributed by atoms with Crippen LogP contribution in [0.2, 0.25) is 0 Å². The Balaban J connectivity index is 1.37. The number of carbonyl (C=O) groups excluding carboxylic acids is 1. The van der Waals surface area contributed by atoms with Gasteiger partial charge < -0.3 is 24.6 Å². The van der Waals surface area contributed by atoms with Crippen LogP contribution in [0.4, 0.5) is 24.7 Å². The molecule has 35 heavy (non-hydrogen) atoms. The molecule has 1 aliphatic rings. The first-order valence-electron chi connectivity index (χ1n) is 10.7. The molecule has 1 amide bonds. The van der Waals surface area contributed by atoms with Crippen LogP contribution in [-0.4, -0.2) is 51.1 Å². The third-order valence-corrected chi connectivity index (χ3v) is 5.63. The number of hydrogen-bond donors (Lipinski definition) is 2. The molecule has 0 radical (unpaired) electrons. The van der Waals surface area contributed by atoms with Crippen LogP contribution >= 0.6 is 0 Å². The van der Waals surface area contributed by atoms with Crippen molar-refractivity contribution in [2.75, 3.05) is 23.3 Å². The average Bonchev–Trinajstić information content (AvgIpc) is 3.16. The predicted octanol–water partition coefficient (Wildman–Crippen LogP) is 3.81. The summed E-state index contributed by atoms with van der Waals surface area (Å²) in [7, 11) is 0. The summed E-state index contributed by atoms with van der Waals surface area (Å²) in [4.78, 5) is 23.6. The number of benzene rings is 1. The van der Waals surface area contributed by atoms with Crippen LogP contribution in [0, 0.1) is 0 Å². The Hall–Kier alpha value is -4.12. The number of anilines is 2. The Labute approximate surface area is 197 Å². The number of amides is 1. The van der Waals surface area contributed by atoms with Gasteiger partial charge in [0.1, 0.15) is 17.3 Å². The van der Waals surface area contributed by atoms with Crippen molar-refractivity contribution in [3.05, 3.63) is 78.4 Å². The second kappa shape index (κ2) is 8.91. The number of alkyl halides is 3. The first-order valence-corrected chi connectivity index (χ1v) is 10.7. The fourth-order valence-electron chi connectivity index (χ4n) is 3.92. The number of rotatable bonds is 6. The first kappa shape index (κ1) is 22.7. The minimum absolute atomic E-state index is 0.235. The highest BCUT2D eigenvalue weighted by atomic mass is 19.4. The monoisotopic (exact) mass is 483 g/mol. The van der Waals surface area contributed by atoms with Gasteiger partial charge >= 0.3 is 6.36 Å². The van der Waals surface area contributed by atoms with E-state index in [0.29, 0.717) is 41.4 Å². The predicted molar refractivity (Wildman–Crippen MR) is 122 cm³/mol. The smallest absolute Gasteiger partial charge is 0.406 e. The standard InChI is InChI=1S/C24H20F3N5O3/c25-24(26,27)35-19-4-1-15(2-5-19)12-32-20(9-16-7-8-28-11-21(16)32)23(34)30-17-3-6-22(29-10-17)31-13-18(33)14-31/h1-11,18,33H,12-14H2,(H,30,34). The highest BCUT2D eigenvalue weighted by molar-refractivity contribution is 6.06. The quantitative estimate of drug-likeness (QED) is 0.433. The third kappa shape index (κ3) is 5.04. The van der Waals surface area contributed by atoms with E-state index in [-0.39, 0.29) is 24.3 Å². The summed E-state index contributed by atoms with van der Waals surface area (Å²) in [6.45, 7) is 1.28. The van der Waals surface area contributed by atoms with Gasteiger partial charge in [-0.15, -0.1) is 13.2 Å². The van der Waals surface area contributed by atoms with Crippen molar-refractivity contribution >= 4 is 28.3 Å². The summed E-state index contributed by atoms with van der Waals surface area (Å²) in [5, 5.41) is 13.1. The van der Waals surface area contributed by atoms with Crippen molar-refractivity contribution in [3.8, 4) is 5.75 Å². The van der Waals surface area contributed by atoms with Crippen molar-refractivity contribution < 1.29 is 27.8 Å². The number of fused-ring (bicyclic) bond motifs is 1. The Kier molecular flexibility index (Phi) is 5.77. The van der Waals surface area contributed by atoms with Gasteiger partial charge in [0.2, 0.25) is 0 Å². The molecule has 11 heteroatoms. The van der Waals surface area contributed by atoms with E-state index < -0.39 is 6.36 Å². The average molecular weight is 483 g/mol. The molecule has 0 unspecified atom stereocenters. The van der Waals surface area contributed by atoms with E-state index in [4.69, 9.17) is 0 Å². The lowest BCUT2D eigenvalue weighted by molar-refractivity contribution is -0.274. The Bertz CT molecular complexity index is 1350. The van der Waals surface area contributed by atoms with E-state index in [0.717, 1.165) is 5.39 Å². The van der Waals surface area contributed by atoms with Gasteiger partial charge in [0.05, 0.1) is 29.7 Å². The molecule has 8 nitrogen and oxygen atoms in total. The second-order valence-electron chi connectivity index (χ2n) is 8.16. The molecule has 0 aliphatic carbocycles. The number of β-amino-alcohol motifs (C(OH)–C–C–N with tert-alkyl or cyclic N) is 1. The van der Waals surface area contributed by atoms with Crippen molar-refractivity contribution in [1.29, 1.82) is 0 Å². The SMILES string of the molecule is O=C(Nc1ccc(N2CC(O)C2)nc1)c1cc2ccncc2n1Cc1ccc(OC(F)(F)F)cc1. The fourth-order valence-corrected chi connectivity index (χ4v) is 3.92. The molecule has 0 bridgehead atoms. The van der Waals surface area contributed by atoms with E-state index in [1.54, 1.807) is 47.4 Å². The van der Waals surface area contributed by atoms with Crippen LogP contribution in [0.5, 0.6) is 5.75 Å². The molecule has 0 saturated carbocycles. The number of aromatic nitrogens is 3. The van der Waals surface area contributed by atoms with Gasteiger partial charge in [0, 0.05) is 31.2 Å². The molecule has 5 rings (SSSR count). The van der Waals surface area contributed by atoms with Gasteiger partial charge in [-0.3, -0.25) is 9.78 Å². The molecule has 180 valence electrons. The summed E-state index contributed by atoms with van der Waals surface area (Å²) in [5.74, 6) is 0.0283. The maximum atomic E-state index is 13.2. The van der Waals surface area contributed by atoms with E-state index in [1.807, 2.05) is 4.90 Å². The van der Waals surface area contributed by atoms with Gasteiger partial charge in [-0.2, -0.15) is 0 Å². The third-order valence-electron chi connectivity index (χ3n) is 5.63. The zero-order valence-electron chi connectivity index (χ0n) is 18.2. The molecule has 4 heterocycles. The van der Waals surface area contributed by atoms with E-state index in [9.17, 15) is 23.1 Å². The summed E-state index contributed by atoms with van der Waals surface area (Å²) in [6.07, 6.45) is -0.316. The molecule has 0 spiro atoms. The summed E-state index contributed by atoms with van der Waals surface area (Å²) in [6, 6.07) is 12.5. The molecular formula is C24H20F3N5O3. The Morgan fingerprint density at radius 3 is 2.54 bits per heavy atom. The van der Waals surface area contributed by atoms with Crippen molar-refractivity contribution in [2.45, 2.75) is 19.0 Å². The van der Waals surface area contributed by atoms with Crippen LogP contribution in [0.1, 0.15) is 16.1 Å². The minimum atomic E-state index is -4.77. The Morgan fingerprint density at radius 1 is 1.11 bits per heavy atom. The van der Waals surface area contributed by atoms with Gasteiger partial charge in [0.15, 0.2) is 0 Å². The number of aliphatic hydroxyl groups is 1. The molecule has 1 fully saturated rings. The van der Waals surface area contributed by atoms with E-state index in [1.165, 1.54) is 24.3 Å². The van der Waals surface area contributed by atoms with E-state index in [2.05, 4.69) is 20.0 Å². The van der Waals surface area contributed by atoms with Crippen LogP contribution in [0.3, 0.4) is 0 Å². The molecule has 1 saturated heterocycles. The van der Waals surface area contributed by atoms with Crippen molar-refractivity contribution in [1.82, 2.24) is 14.5 Å². The van der Waals surface area contributed by atoms with Crippen LogP contribution in [-0.2, 0) is 6.54 Å². The van der Waals surface area contributed by atoms with Crippen LogP contribution < -0.4 is 15.0 Å². The molecule has 2 N–H and O–H groups in total. The number of halogens is 3. The normalized spacial score (nSPS) is 14.1. The zero-order valence-corrected chi connectivity index (χ0v) is 18.2. The van der Waals surface area contributed by atoms with Gasteiger partial charge in [-0.05, 0) is 42.0 Å². The molecule has 0 atom stereocenters. The molecule has 1 aromatic carbocycles. The number of pyridine rings is 2. The fraction of sp³-hybridized carbons (Fsp3) is 0.208.